The Morgan fingerprint density at radius 2 is 2.05 bits per heavy atom. The number of carbonyl (C=O) groups is 1. The first kappa shape index (κ1) is 16.6. The first-order chi connectivity index (χ1) is 10.0. The quantitative estimate of drug-likeness (QED) is 0.695. The van der Waals surface area contributed by atoms with Gasteiger partial charge in [0.05, 0.1) is 18.8 Å². The number of aliphatic hydroxyl groups is 2. The zero-order valence-electron chi connectivity index (χ0n) is 13.3. The molecule has 3 N–H and O–H groups in total. The van der Waals surface area contributed by atoms with Gasteiger partial charge in [-0.3, -0.25) is 0 Å². The lowest BCUT2D eigenvalue weighted by Crippen LogP contribution is -2.48. The topological polar surface area (TPSA) is 72.8 Å². The summed E-state index contributed by atoms with van der Waals surface area (Å²) >= 11 is 0. The molecule has 2 rings (SSSR count). The first-order valence-corrected chi connectivity index (χ1v) is 8.37. The smallest absolute Gasteiger partial charge is 0.318 e. The van der Waals surface area contributed by atoms with Crippen LogP contribution in [-0.2, 0) is 0 Å². The van der Waals surface area contributed by atoms with Crippen LogP contribution in [0, 0.1) is 11.8 Å². The van der Waals surface area contributed by atoms with Crippen molar-refractivity contribution in [1.82, 2.24) is 10.2 Å². The van der Waals surface area contributed by atoms with Crippen molar-refractivity contribution in [2.45, 2.75) is 70.6 Å². The maximum absolute atomic E-state index is 12.3. The van der Waals surface area contributed by atoms with Gasteiger partial charge in [-0.05, 0) is 37.5 Å². The van der Waals surface area contributed by atoms with E-state index in [2.05, 4.69) is 19.2 Å². The van der Waals surface area contributed by atoms with Gasteiger partial charge in [0.1, 0.15) is 0 Å². The average Bonchev–Trinajstić information content (AvgIpc) is 2.67. The van der Waals surface area contributed by atoms with E-state index < -0.39 is 6.10 Å². The largest absolute Gasteiger partial charge is 0.394 e. The molecule has 21 heavy (non-hydrogen) atoms. The van der Waals surface area contributed by atoms with Crippen LogP contribution in [0.25, 0.3) is 0 Å². The molecule has 1 aliphatic carbocycles. The molecule has 2 fully saturated rings. The van der Waals surface area contributed by atoms with Crippen molar-refractivity contribution in [2.24, 2.45) is 11.8 Å². The normalized spacial score (nSPS) is 34.0. The molecule has 1 saturated carbocycles. The Morgan fingerprint density at radius 3 is 2.71 bits per heavy atom. The standard InChI is InChI=1S/C16H30N2O3/c1-11(2)12-4-3-5-13(7-6-12)17-16(21)18-9-15(20)8-14(18)10-19/h11-15,19-20H,3-10H2,1-2H3,(H,17,21)/t12-,13-,14-,15-/m0/s1. The highest BCUT2D eigenvalue weighted by atomic mass is 16.3. The number of likely N-dealkylation sites (tertiary alicyclic amines) is 1. The predicted molar refractivity (Wildman–Crippen MR) is 81.9 cm³/mol. The van der Waals surface area contributed by atoms with E-state index in [0.29, 0.717) is 18.9 Å². The maximum Gasteiger partial charge on any atom is 0.318 e. The minimum absolute atomic E-state index is 0.0788. The molecule has 0 aromatic carbocycles. The summed E-state index contributed by atoms with van der Waals surface area (Å²) < 4.78 is 0. The zero-order chi connectivity index (χ0) is 15.4. The van der Waals surface area contributed by atoms with Crippen LogP contribution in [0.4, 0.5) is 4.79 Å². The van der Waals surface area contributed by atoms with E-state index in [9.17, 15) is 15.0 Å². The molecule has 0 unspecified atom stereocenters. The van der Waals surface area contributed by atoms with E-state index in [1.807, 2.05) is 0 Å². The molecule has 2 amide bonds. The lowest BCUT2D eigenvalue weighted by molar-refractivity contribution is 0.151. The van der Waals surface area contributed by atoms with Crippen molar-refractivity contribution in [3.8, 4) is 0 Å². The Bertz CT molecular complexity index is 348. The Morgan fingerprint density at radius 1 is 1.29 bits per heavy atom. The van der Waals surface area contributed by atoms with E-state index in [-0.39, 0.29) is 24.7 Å². The van der Waals surface area contributed by atoms with E-state index in [1.165, 1.54) is 19.3 Å². The number of aliphatic hydroxyl groups excluding tert-OH is 2. The van der Waals surface area contributed by atoms with Crippen LogP contribution in [0.2, 0.25) is 0 Å². The molecule has 0 radical (unpaired) electrons. The summed E-state index contributed by atoms with van der Waals surface area (Å²) in [6.07, 6.45) is 5.64. The molecule has 1 aliphatic heterocycles. The fourth-order valence-electron chi connectivity index (χ4n) is 3.71. The second kappa shape index (κ2) is 7.45. The summed E-state index contributed by atoms with van der Waals surface area (Å²) in [5.41, 5.74) is 0. The number of urea groups is 1. The van der Waals surface area contributed by atoms with Crippen LogP contribution >= 0.6 is 0 Å². The molecule has 0 aromatic heterocycles. The van der Waals surface area contributed by atoms with Gasteiger partial charge in [0.15, 0.2) is 0 Å². The summed E-state index contributed by atoms with van der Waals surface area (Å²) in [4.78, 5) is 13.9. The number of rotatable bonds is 3. The zero-order valence-corrected chi connectivity index (χ0v) is 13.3. The summed E-state index contributed by atoms with van der Waals surface area (Å²) in [7, 11) is 0. The van der Waals surface area contributed by atoms with Gasteiger partial charge in [-0.25, -0.2) is 4.79 Å². The summed E-state index contributed by atoms with van der Waals surface area (Å²) in [6.45, 7) is 4.81. The lowest BCUT2D eigenvalue weighted by Gasteiger charge is -2.26. The fourth-order valence-corrected chi connectivity index (χ4v) is 3.71. The number of amides is 2. The van der Waals surface area contributed by atoms with Gasteiger partial charge < -0.3 is 20.4 Å². The second-order valence-corrected chi connectivity index (χ2v) is 7.04. The third-order valence-corrected chi connectivity index (χ3v) is 5.15. The molecule has 1 heterocycles. The second-order valence-electron chi connectivity index (χ2n) is 7.04. The van der Waals surface area contributed by atoms with Crippen molar-refractivity contribution in [3.05, 3.63) is 0 Å². The number of hydrogen-bond donors (Lipinski definition) is 3. The van der Waals surface area contributed by atoms with Gasteiger partial charge in [-0.1, -0.05) is 26.7 Å². The van der Waals surface area contributed by atoms with E-state index >= 15 is 0 Å². The van der Waals surface area contributed by atoms with Gasteiger partial charge in [0.25, 0.3) is 0 Å². The van der Waals surface area contributed by atoms with Gasteiger partial charge in [0.2, 0.25) is 0 Å². The van der Waals surface area contributed by atoms with E-state index in [0.717, 1.165) is 18.8 Å². The Labute approximate surface area is 127 Å². The molecule has 0 spiro atoms. The highest BCUT2D eigenvalue weighted by Gasteiger charge is 2.34. The van der Waals surface area contributed by atoms with Gasteiger partial charge in [-0.2, -0.15) is 0 Å². The number of β-amino-alcohol motifs (C(OH)–C–C–N with tert-alkyl or cyclic N) is 1. The molecular formula is C16H30N2O3. The fraction of sp³-hybridized carbons (Fsp3) is 0.938. The van der Waals surface area contributed by atoms with E-state index in [4.69, 9.17) is 0 Å². The number of hydrogen-bond acceptors (Lipinski definition) is 3. The molecule has 1 saturated heterocycles. The van der Waals surface area contributed by atoms with Gasteiger partial charge in [0, 0.05) is 12.6 Å². The summed E-state index contributed by atoms with van der Waals surface area (Å²) in [5, 5.41) is 22.1. The monoisotopic (exact) mass is 298 g/mol. The Balaban J connectivity index is 1.85. The van der Waals surface area contributed by atoms with Crippen molar-refractivity contribution < 1.29 is 15.0 Å². The van der Waals surface area contributed by atoms with Crippen molar-refractivity contribution >= 4 is 6.03 Å². The van der Waals surface area contributed by atoms with Crippen LogP contribution in [0.1, 0.15) is 52.4 Å². The molecule has 5 nitrogen and oxygen atoms in total. The molecule has 5 heteroatoms. The SMILES string of the molecule is CC(C)[C@H]1CCC[C@H](NC(=O)N2C[C@@H](O)C[C@H]2CO)CC1. The Kier molecular flexibility index (Phi) is 5.88. The number of nitrogens with one attached hydrogen (secondary N) is 1. The highest BCUT2D eigenvalue weighted by Crippen LogP contribution is 2.29. The first-order valence-electron chi connectivity index (χ1n) is 8.37. The summed E-state index contributed by atoms with van der Waals surface area (Å²) in [5.74, 6) is 1.48. The van der Waals surface area contributed by atoms with Gasteiger partial charge in [-0.15, -0.1) is 0 Å². The van der Waals surface area contributed by atoms with Crippen molar-refractivity contribution in [3.63, 3.8) is 0 Å². The van der Waals surface area contributed by atoms with Crippen molar-refractivity contribution in [1.29, 1.82) is 0 Å². The molecule has 4 atom stereocenters. The third kappa shape index (κ3) is 4.33. The number of carbonyl (C=O) groups excluding carboxylic acids is 1. The molecule has 2 aliphatic rings. The molecule has 0 bridgehead atoms. The van der Waals surface area contributed by atoms with Crippen LogP contribution < -0.4 is 5.32 Å². The molecule has 0 aromatic rings. The predicted octanol–water partition coefficient (Wildman–Crippen LogP) is 1.73. The number of nitrogens with zero attached hydrogens (tertiary/aromatic N) is 1. The Hall–Kier alpha value is -0.810. The molecule has 122 valence electrons. The van der Waals surface area contributed by atoms with Crippen molar-refractivity contribution in [2.75, 3.05) is 13.2 Å². The average molecular weight is 298 g/mol. The van der Waals surface area contributed by atoms with Crippen LogP contribution in [0.3, 0.4) is 0 Å². The van der Waals surface area contributed by atoms with Crippen LogP contribution in [-0.4, -0.2) is 52.5 Å². The van der Waals surface area contributed by atoms with Crippen LogP contribution in [0.5, 0.6) is 0 Å². The summed E-state index contributed by atoms with van der Waals surface area (Å²) in [6, 6.07) is -0.133. The molecular weight excluding hydrogens is 268 g/mol. The third-order valence-electron chi connectivity index (χ3n) is 5.15. The minimum Gasteiger partial charge on any atom is -0.394 e. The minimum atomic E-state index is -0.507. The lowest BCUT2D eigenvalue weighted by atomic mass is 9.89. The highest BCUT2D eigenvalue weighted by molar-refractivity contribution is 5.75. The van der Waals surface area contributed by atoms with Gasteiger partial charge >= 0.3 is 6.03 Å². The van der Waals surface area contributed by atoms with E-state index in [1.54, 1.807) is 4.90 Å². The van der Waals surface area contributed by atoms with Crippen LogP contribution in [0.15, 0.2) is 0 Å². The maximum atomic E-state index is 12.3.